The van der Waals surface area contributed by atoms with Gasteiger partial charge in [0.25, 0.3) is 0 Å². The van der Waals surface area contributed by atoms with Crippen molar-refractivity contribution in [2.24, 2.45) is 5.73 Å². The Morgan fingerprint density at radius 3 is 2.91 bits per heavy atom. The third kappa shape index (κ3) is 4.35. The number of aromatic nitrogens is 2. The predicted octanol–water partition coefficient (Wildman–Crippen LogP) is 2.26. The maximum Gasteiger partial charge on any atom is 0.241 e. The number of thioether (sulfide) groups is 1. The van der Waals surface area contributed by atoms with Crippen molar-refractivity contribution < 1.29 is 4.79 Å². The quantitative estimate of drug-likeness (QED) is 0.821. The van der Waals surface area contributed by atoms with Crippen molar-refractivity contribution in [2.45, 2.75) is 25.9 Å². The molecular formula is C16H22N4OS. The van der Waals surface area contributed by atoms with Crippen LogP contribution in [0.15, 0.2) is 36.7 Å². The fourth-order valence-corrected chi connectivity index (χ4v) is 2.63. The fourth-order valence-electron chi connectivity index (χ4n) is 2.14. The molecule has 118 valence electrons. The number of carbonyl (C=O) groups excluding carboxylic acids is 1. The van der Waals surface area contributed by atoms with Crippen molar-refractivity contribution in [2.75, 3.05) is 17.3 Å². The minimum atomic E-state index is -0.476. The molecule has 1 atom stereocenters. The van der Waals surface area contributed by atoms with E-state index in [4.69, 9.17) is 5.73 Å². The highest BCUT2D eigenvalue weighted by molar-refractivity contribution is 7.98. The van der Waals surface area contributed by atoms with Gasteiger partial charge in [0.15, 0.2) is 0 Å². The lowest BCUT2D eigenvalue weighted by molar-refractivity contribution is -0.117. The summed E-state index contributed by atoms with van der Waals surface area (Å²) in [7, 11) is 0. The Morgan fingerprint density at radius 1 is 1.45 bits per heavy atom. The Balaban J connectivity index is 2.08. The van der Waals surface area contributed by atoms with Crippen molar-refractivity contribution in [3.05, 3.63) is 48.0 Å². The van der Waals surface area contributed by atoms with Gasteiger partial charge < -0.3 is 15.6 Å². The number of carbonyl (C=O) groups is 1. The largest absolute Gasteiger partial charge is 0.331 e. The van der Waals surface area contributed by atoms with E-state index in [9.17, 15) is 4.79 Å². The molecule has 2 aromatic rings. The minimum absolute atomic E-state index is 0.135. The second kappa shape index (κ2) is 8.00. The molecule has 0 aliphatic rings. The molecule has 3 N–H and O–H groups in total. The summed E-state index contributed by atoms with van der Waals surface area (Å²) in [6, 6.07) is 7.30. The number of nitrogens with zero attached hydrogens (tertiary/aromatic N) is 2. The van der Waals surface area contributed by atoms with Crippen LogP contribution in [0.5, 0.6) is 0 Å². The number of para-hydroxylation sites is 1. The van der Waals surface area contributed by atoms with Gasteiger partial charge in [-0.2, -0.15) is 11.8 Å². The summed E-state index contributed by atoms with van der Waals surface area (Å²) in [5.74, 6) is 1.69. The number of hydrogen-bond donors (Lipinski definition) is 2. The number of amides is 1. The van der Waals surface area contributed by atoms with E-state index >= 15 is 0 Å². The zero-order chi connectivity index (χ0) is 15.9. The molecule has 0 aliphatic carbocycles. The van der Waals surface area contributed by atoms with Crippen LogP contribution in [0.4, 0.5) is 5.69 Å². The number of nitrogens with two attached hydrogens (primary N) is 1. The Morgan fingerprint density at radius 2 is 2.23 bits per heavy atom. The summed E-state index contributed by atoms with van der Waals surface area (Å²) < 4.78 is 2.04. The average molecular weight is 318 g/mol. The van der Waals surface area contributed by atoms with E-state index in [1.807, 2.05) is 48.2 Å². The van der Waals surface area contributed by atoms with Crippen LogP contribution in [0.1, 0.15) is 17.8 Å². The summed E-state index contributed by atoms with van der Waals surface area (Å²) in [6.45, 7) is 2.63. The molecule has 2 rings (SSSR count). The Bertz CT molecular complexity index is 626. The molecule has 1 heterocycles. The first-order valence-corrected chi connectivity index (χ1v) is 8.62. The standard InChI is InChI=1S/C16H22N4OS/c1-12-18-8-9-20(12)11-13-5-3-4-6-15(13)19-16(21)14(17)7-10-22-2/h3-6,8-9,14H,7,10-11,17H2,1-2H3,(H,19,21)/t14-/m0/s1. The van der Waals surface area contributed by atoms with Crippen molar-refractivity contribution >= 4 is 23.4 Å². The van der Waals surface area contributed by atoms with Gasteiger partial charge in [-0.1, -0.05) is 18.2 Å². The van der Waals surface area contributed by atoms with E-state index < -0.39 is 6.04 Å². The van der Waals surface area contributed by atoms with Gasteiger partial charge in [0.1, 0.15) is 5.82 Å². The fraction of sp³-hybridized carbons (Fsp3) is 0.375. The van der Waals surface area contributed by atoms with E-state index in [1.54, 1.807) is 18.0 Å². The van der Waals surface area contributed by atoms with Crippen molar-refractivity contribution in [1.29, 1.82) is 0 Å². The monoisotopic (exact) mass is 318 g/mol. The van der Waals surface area contributed by atoms with Crippen LogP contribution in [0.25, 0.3) is 0 Å². The maximum atomic E-state index is 12.2. The summed E-state index contributed by atoms with van der Waals surface area (Å²) in [5.41, 5.74) is 7.76. The van der Waals surface area contributed by atoms with E-state index in [1.165, 1.54) is 0 Å². The highest BCUT2D eigenvalue weighted by Gasteiger charge is 2.14. The van der Waals surface area contributed by atoms with Gasteiger partial charge in [-0.05, 0) is 37.0 Å². The highest BCUT2D eigenvalue weighted by Crippen LogP contribution is 2.17. The third-order valence-corrected chi connectivity index (χ3v) is 4.15. The number of benzene rings is 1. The van der Waals surface area contributed by atoms with Gasteiger partial charge >= 0.3 is 0 Å². The third-order valence-electron chi connectivity index (χ3n) is 3.51. The topological polar surface area (TPSA) is 72.9 Å². The predicted molar refractivity (Wildman–Crippen MR) is 92.1 cm³/mol. The van der Waals surface area contributed by atoms with Crippen LogP contribution in [0.3, 0.4) is 0 Å². The van der Waals surface area contributed by atoms with Gasteiger partial charge in [-0.25, -0.2) is 4.98 Å². The number of rotatable bonds is 7. The van der Waals surface area contributed by atoms with E-state index in [0.29, 0.717) is 13.0 Å². The first-order valence-electron chi connectivity index (χ1n) is 7.23. The van der Waals surface area contributed by atoms with Gasteiger partial charge in [-0.15, -0.1) is 0 Å². The molecule has 6 heteroatoms. The summed E-state index contributed by atoms with van der Waals surface area (Å²) in [4.78, 5) is 16.4. The van der Waals surface area contributed by atoms with Crippen LogP contribution in [0, 0.1) is 6.92 Å². The van der Waals surface area contributed by atoms with Gasteiger partial charge in [0.2, 0.25) is 5.91 Å². The molecule has 0 radical (unpaired) electrons. The smallest absolute Gasteiger partial charge is 0.241 e. The van der Waals surface area contributed by atoms with Crippen LogP contribution in [-0.4, -0.2) is 33.5 Å². The highest BCUT2D eigenvalue weighted by atomic mass is 32.2. The zero-order valence-electron chi connectivity index (χ0n) is 13.0. The number of imidazole rings is 1. The lowest BCUT2D eigenvalue weighted by atomic mass is 10.1. The SMILES string of the molecule is CSCC[C@H](N)C(=O)Nc1ccccc1Cn1ccnc1C. The lowest BCUT2D eigenvalue weighted by Gasteiger charge is -2.15. The molecule has 1 amide bonds. The molecule has 0 saturated carbocycles. The van der Waals surface area contributed by atoms with Crippen molar-refractivity contribution in [3.63, 3.8) is 0 Å². The Labute approximate surface area is 135 Å². The van der Waals surface area contributed by atoms with Crippen LogP contribution >= 0.6 is 11.8 Å². The molecular weight excluding hydrogens is 296 g/mol. The number of aryl methyl sites for hydroxylation is 1. The summed E-state index contributed by atoms with van der Waals surface area (Å²) in [5, 5.41) is 2.94. The van der Waals surface area contributed by atoms with Crippen LogP contribution in [-0.2, 0) is 11.3 Å². The summed E-state index contributed by atoms with van der Waals surface area (Å²) in [6.07, 6.45) is 6.39. The summed E-state index contributed by atoms with van der Waals surface area (Å²) >= 11 is 1.69. The molecule has 0 fully saturated rings. The normalized spacial score (nSPS) is 12.1. The molecule has 1 aromatic heterocycles. The number of anilines is 1. The van der Waals surface area contributed by atoms with E-state index in [-0.39, 0.29) is 5.91 Å². The molecule has 0 bridgehead atoms. The van der Waals surface area contributed by atoms with Gasteiger partial charge in [0.05, 0.1) is 12.6 Å². The van der Waals surface area contributed by atoms with Gasteiger partial charge in [0, 0.05) is 18.1 Å². The molecule has 0 aliphatic heterocycles. The molecule has 22 heavy (non-hydrogen) atoms. The molecule has 5 nitrogen and oxygen atoms in total. The second-order valence-corrected chi connectivity index (χ2v) is 6.12. The Hall–Kier alpha value is -1.79. The van der Waals surface area contributed by atoms with Crippen molar-refractivity contribution in [1.82, 2.24) is 9.55 Å². The van der Waals surface area contributed by atoms with Crippen LogP contribution in [0.2, 0.25) is 0 Å². The zero-order valence-corrected chi connectivity index (χ0v) is 13.8. The molecule has 0 saturated heterocycles. The second-order valence-electron chi connectivity index (χ2n) is 5.14. The van der Waals surface area contributed by atoms with Gasteiger partial charge in [-0.3, -0.25) is 4.79 Å². The number of nitrogens with one attached hydrogen (secondary N) is 1. The average Bonchev–Trinajstić information content (AvgIpc) is 2.92. The molecule has 0 spiro atoms. The first kappa shape index (κ1) is 16.6. The van der Waals surface area contributed by atoms with Crippen LogP contribution < -0.4 is 11.1 Å². The minimum Gasteiger partial charge on any atom is -0.331 e. The van der Waals surface area contributed by atoms with E-state index in [0.717, 1.165) is 22.8 Å². The first-order chi connectivity index (χ1) is 10.6. The number of hydrogen-bond acceptors (Lipinski definition) is 4. The molecule has 1 aromatic carbocycles. The van der Waals surface area contributed by atoms with Crippen molar-refractivity contribution in [3.8, 4) is 0 Å². The Kier molecular flexibility index (Phi) is 6.03. The maximum absolute atomic E-state index is 12.2. The molecule has 0 unspecified atom stereocenters. The van der Waals surface area contributed by atoms with E-state index in [2.05, 4.69) is 10.3 Å². The lowest BCUT2D eigenvalue weighted by Crippen LogP contribution is -2.36.